The van der Waals surface area contributed by atoms with Gasteiger partial charge < -0.3 is 20.5 Å². The summed E-state index contributed by atoms with van der Waals surface area (Å²) in [4.78, 5) is 20.1. The number of rotatable bonds is 4. The van der Waals surface area contributed by atoms with Gasteiger partial charge >= 0.3 is 29.6 Å². The number of anilines is 2. The Morgan fingerprint density at radius 2 is 2.18 bits per heavy atom. The molecule has 1 rings (SSSR count). The number of carbonyl (C=O) groups excluding carboxylic acids is 1. The number of nitrogens with two attached hydrogens (primary N) is 1. The number of hydrogen-bond donors (Lipinski definition) is 1. The summed E-state index contributed by atoms with van der Waals surface area (Å²) in [5, 5.41) is 10.6. The maximum atomic E-state index is 10.6. The molecule has 1 aromatic heterocycles. The van der Waals surface area contributed by atoms with Crippen molar-refractivity contribution in [3.05, 3.63) is 11.9 Å². The first kappa shape index (κ1) is 16.1. The average Bonchev–Trinajstić information content (AvgIpc) is 2.15. The Morgan fingerprint density at radius 3 is 2.59 bits per heavy atom. The Bertz CT molecular complexity index is 398. The topological polar surface area (TPSA) is 95.2 Å². The molecule has 2 N–H and O–H groups in total. The van der Waals surface area contributed by atoms with Gasteiger partial charge in [0, 0.05) is 13.6 Å². The average molecular weight is 246 g/mol. The summed E-state index contributed by atoms with van der Waals surface area (Å²) < 4.78 is 0. The van der Waals surface area contributed by atoms with Crippen molar-refractivity contribution in [3.8, 4) is 0 Å². The zero-order valence-electron chi connectivity index (χ0n) is 10.6. The van der Waals surface area contributed by atoms with E-state index < -0.39 is 5.97 Å². The van der Waals surface area contributed by atoms with Crippen LogP contribution >= 0.6 is 0 Å². The van der Waals surface area contributed by atoms with Crippen LogP contribution in [0, 0.1) is 5.92 Å². The van der Waals surface area contributed by atoms with Crippen molar-refractivity contribution in [2.24, 2.45) is 5.92 Å². The van der Waals surface area contributed by atoms with Crippen molar-refractivity contribution < 1.29 is 39.5 Å². The number of aromatic nitrogens is 2. The molecular formula is C10H15N4NaO2. The molecule has 0 aliphatic carbocycles. The summed E-state index contributed by atoms with van der Waals surface area (Å²) in [6.45, 7) is 4.93. The third-order valence-electron chi connectivity index (χ3n) is 2.01. The molecule has 0 aromatic carbocycles. The summed E-state index contributed by atoms with van der Waals surface area (Å²) in [6.07, 6.45) is 1.38. The Kier molecular flexibility index (Phi) is 6.44. The van der Waals surface area contributed by atoms with Crippen molar-refractivity contribution in [3.63, 3.8) is 0 Å². The minimum absolute atomic E-state index is 0. The third kappa shape index (κ3) is 4.49. The van der Waals surface area contributed by atoms with E-state index in [9.17, 15) is 9.90 Å². The fourth-order valence-electron chi connectivity index (χ4n) is 1.38. The molecule has 88 valence electrons. The van der Waals surface area contributed by atoms with Gasteiger partial charge in [0.1, 0.15) is 11.5 Å². The van der Waals surface area contributed by atoms with Crippen molar-refractivity contribution in [2.45, 2.75) is 13.8 Å². The van der Waals surface area contributed by atoms with Crippen LogP contribution in [0.5, 0.6) is 0 Å². The molecule has 7 heteroatoms. The smallest absolute Gasteiger partial charge is 0.543 e. The zero-order valence-corrected chi connectivity index (χ0v) is 12.6. The molecule has 0 aliphatic rings. The van der Waals surface area contributed by atoms with Crippen molar-refractivity contribution in [2.75, 3.05) is 24.2 Å². The van der Waals surface area contributed by atoms with Gasteiger partial charge in [-0.2, -0.15) is 0 Å². The second-order valence-electron chi connectivity index (χ2n) is 4.02. The SMILES string of the molecule is CC(C)CN(C)c1cnc(C(=O)[O-])c(N)n1.[Na+]. The van der Waals surface area contributed by atoms with Crippen molar-refractivity contribution in [1.82, 2.24) is 9.97 Å². The number of carboxylic acid groups (broad SMARTS) is 1. The van der Waals surface area contributed by atoms with Crippen LogP contribution in [0.15, 0.2) is 6.20 Å². The molecule has 0 radical (unpaired) electrons. The van der Waals surface area contributed by atoms with Crippen LogP contribution in [0.4, 0.5) is 11.6 Å². The largest absolute Gasteiger partial charge is 1.00 e. The van der Waals surface area contributed by atoms with Gasteiger partial charge in [0.15, 0.2) is 5.82 Å². The molecule has 6 nitrogen and oxygen atoms in total. The molecular weight excluding hydrogens is 231 g/mol. The second kappa shape index (κ2) is 6.78. The number of aromatic carboxylic acids is 1. The van der Waals surface area contributed by atoms with E-state index in [1.165, 1.54) is 6.20 Å². The first-order valence-corrected chi connectivity index (χ1v) is 4.96. The van der Waals surface area contributed by atoms with Crippen LogP contribution < -0.4 is 45.3 Å². The van der Waals surface area contributed by atoms with E-state index in [2.05, 4.69) is 23.8 Å². The molecule has 0 aliphatic heterocycles. The molecule has 17 heavy (non-hydrogen) atoms. The molecule has 0 saturated heterocycles. The summed E-state index contributed by atoms with van der Waals surface area (Å²) in [5.74, 6) is -0.513. The second-order valence-corrected chi connectivity index (χ2v) is 4.02. The number of carbonyl (C=O) groups is 1. The van der Waals surface area contributed by atoms with E-state index in [1.807, 2.05) is 11.9 Å². The van der Waals surface area contributed by atoms with E-state index in [4.69, 9.17) is 5.73 Å². The maximum absolute atomic E-state index is 10.6. The van der Waals surface area contributed by atoms with E-state index in [1.54, 1.807) is 0 Å². The molecule has 0 amide bonds. The molecule has 0 saturated carbocycles. The van der Waals surface area contributed by atoms with Gasteiger partial charge in [0.05, 0.1) is 12.2 Å². The standard InChI is InChI=1S/C10H16N4O2.Na/c1-6(2)5-14(3)7-4-12-8(10(15)16)9(11)13-7;/h4,6H,5H2,1-3H3,(H2,11,13)(H,15,16);/q;+1/p-1. The Balaban J connectivity index is 0.00000256. The van der Waals surface area contributed by atoms with Gasteiger partial charge in [-0.1, -0.05) is 13.8 Å². The van der Waals surface area contributed by atoms with Crippen LogP contribution in [0.1, 0.15) is 24.3 Å². The number of nitrogens with zero attached hydrogens (tertiary/aromatic N) is 3. The minimum atomic E-state index is -1.41. The third-order valence-corrected chi connectivity index (χ3v) is 2.01. The van der Waals surface area contributed by atoms with Gasteiger partial charge in [-0.25, -0.2) is 9.97 Å². The molecule has 0 fully saturated rings. The van der Waals surface area contributed by atoms with E-state index in [0.29, 0.717) is 11.7 Å². The fourth-order valence-corrected chi connectivity index (χ4v) is 1.38. The molecule has 1 heterocycles. The van der Waals surface area contributed by atoms with Gasteiger partial charge in [-0.15, -0.1) is 0 Å². The first-order valence-electron chi connectivity index (χ1n) is 4.96. The summed E-state index contributed by atoms with van der Waals surface area (Å²) in [5.41, 5.74) is 5.15. The predicted molar refractivity (Wildman–Crippen MR) is 58.9 cm³/mol. The molecule has 0 atom stereocenters. The summed E-state index contributed by atoms with van der Waals surface area (Å²) in [6, 6.07) is 0. The summed E-state index contributed by atoms with van der Waals surface area (Å²) in [7, 11) is 1.85. The van der Waals surface area contributed by atoms with E-state index >= 15 is 0 Å². The van der Waals surface area contributed by atoms with E-state index in [-0.39, 0.29) is 41.1 Å². The molecule has 0 unspecified atom stereocenters. The van der Waals surface area contributed by atoms with E-state index in [0.717, 1.165) is 6.54 Å². The fraction of sp³-hybridized carbons (Fsp3) is 0.500. The van der Waals surface area contributed by atoms with Gasteiger partial charge in [-0.3, -0.25) is 0 Å². The number of carboxylic acids is 1. The van der Waals surface area contributed by atoms with Crippen LogP contribution in [-0.4, -0.2) is 29.5 Å². The Hall–Kier alpha value is -0.850. The maximum Gasteiger partial charge on any atom is 1.00 e. The quantitative estimate of drug-likeness (QED) is 0.554. The van der Waals surface area contributed by atoms with Crippen molar-refractivity contribution >= 4 is 17.6 Å². The number of nitrogen functional groups attached to an aromatic ring is 1. The molecule has 0 bridgehead atoms. The Morgan fingerprint density at radius 1 is 1.59 bits per heavy atom. The van der Waals surface area contributed by atoms with Crippen LogP contribution in [-0.2, 0) is 0 Å². The monoisotopic (exact) mass is 246 g/mol. The first-order chi connectivity index (χ1) is 7.41. The summed E-state index contributed by atoms with van der Waals surface area (Å²) >= 11 is 0. The van der Waals surface area contributed by atoms with Gasteiger partial charge in [0.2, 0.25) is 0 Å². The minimum Gasteiger partial charge on any atom is -0.543 e. The van der Waals surface area contributed by atoms with Crippen LogP contribution in [0.3, 0.4) is 0 Å². The normalized spacial score (nSPS) is 9.88. The number of hydrogen-bond acceptors (Lipinski definition) is 6. The van der Waals surface area contributed by atoms with Crippen molar-refractivity contribution in [1.29, 1.82) is 0 Å². The van der Waals surface area contributed by atoms with Gasteiger partial charge in [0.25, 0.3) is 0 Å². The predicted octanol–water partition coefficient (Wildman–Crippen LogP) is -3.48. The van der Waals surface area contributed by atoms with Crippen LogP contribution in [0.2, 0.25) is 0 Å². The molecule has 0 spiro atoms. The van der Waals surface area contributed by atoms with Gasteiger partial charge in [-0.05, 0) is 5.92 Å². The zero-order chi connectivity index (χ0) is 12.3. The Labute approximate surface area is 123 Å². The van der Waals surface area contributed by atoms with Crippen LogP contribution in [0.25, 0.3) is 0 Å². The molecule has 1 aromatic rings.